The molecule has 0 heterocycles. The molecule has 0 unspecified atom stereocenters. The second-order valence-electron chi connectivity index (χ2n) is 8.10. The van der Waals surface area contributed by atoms with Crippen molar-refractivity contribution in [2.45, 2.75) is 67.2 Å². The van der Waals surface area contributed by atoms with E-state index in [0.29, 0.717) is 43.0 Å². The van der Waals surface area contributed by atoms with E-state index in [-0.39, 0.29) is 23.4 Å². The third kappa shape index (κ3) is 9.45. The normalized spacial score (nSPS) is 11.1. The molecule has 0 spiro atoms. The van der Waals surface area contributed by atoms with E-state index in [2.05, 4.69) is 27.7 Å². The first kappa shape index (κ1) is 23.0. The molecule has 0 aliphatic heterocycles. The average molecular weight is 379 g/mol. The molecule has 0 saturated heterocycles. The predicted molar refractivity (Wildman–Crippen MR) is 106 cm³/mol. The van der Waals surface area contributed by atoms with Crippen molar-refractivity contribution in [1.29, 1.82) is 0 Å². The molecule has 0 N–H and O–H groups in total. The SMILES string of the molecule is CC(C)CCC(=O)Oc1cccc(OCC(C)C)c1OC(=O)CCC(C)C. The third-order valence-electron chi connectivity index (χ3n) is 3.81. The molecule has 152 valence electrons. The zero-order valence-corrected chi connectivity index (χ0v) is 17.5. The molecule has 0 saturated carbocycles. The van der Waals surface area contributed by atoms with Crippen LogP contribution in [-0.4, -0.2) is 18.5 Å². The van der Waals surface area contributed by atoms with Crippen molar-refractivity contribution in [2.24, 2.45) is 17.8 Å². The monoisotopic (exact) mass is 378 g/mol. The van der Waals surface area contributed by atoms with Crippen molar-refractivity contribution in [2.75, 3.05) is 6.61 Å². The van der Waals surface area contributed by atoms with E-state index >= 15 is 0 Å². The second kappa shape index (κ2) is 11.6. The Balaban J connectivity index is 2.96. The lowest BCUT2D eigenvalue weighted by molar-refractivity contribution is -0.137. The topological polar surface area (TPSA) is 61.8 Å². The minimum Gasteiger partial charge on any atom is -0.489 e. The highest BCUT2D eigenvalue weighted by Gasteiger charge is 2.19. The smallest absolute Gasteiger partial charge is 0.311 e. The molecule has 0 aliphatic rings. The lowest BCUT2D eigenvalue weighted by Crippen LogP contribution is -2.14. The second-order valence-corrected chi connectivity index (χ2v) is 8.10. The molecule has 1 aromatic rings. The van der Waals surface area contributed by atoms with Gasteiger partial charge in [0.05, 0.1) is 6.61 Å². The number of carbonyl (C=O) groups is 2. The van der Waals surface area contributed by atoms with Gasteiger partial charge in [-0.25, -0.2) is 0 Å². The van der Waals surface area contributed by atoms with Crippen LogP contribution in [0.25, 0.3) is 0 Å². The fourth-order valence-corrected chi connectivity index (χ4v) is 2.20. The Morgan fingerprint density at radius 2 is 1.30 bits per heavy atom. The molecule has 1 rings (SSSR count). The minimum absolute atomic E-state index is 0.185. The van der Waals surface area contributed by atoms with E-state index in [4.69, 9.17) is 14.2 Å². The van der Waals surface area contributed by atoms with E-state index in [0.717, 1.165) is 12.8 Å². The Bertz CT molecular complexity index is 605. The molecule has 0 aliphatic carbocycles. The van der Waals surface area contributed by atoms with Gasteiger partial charge in [-0.15, -0.1) is 0 Å². The van der Waals surface area contributed by atoms with Gasteiger partial charge in [0, 0.05) is 12.8 Å². The number of ether oxygens (including phenoxy) is 3. The van der Waals surface area contributed by atoms with Crippen LogP contribution in [0.5, 0.6) is 17.2 Å². The van der Waals surface area contributed by atoms with E-state index in [1.54, 1.807) is 18.2 Å². The molecule has 5 nitrogen and oxygen atoms in total. The summed E-state index contributed by atoms with van der Waals surface area (Å²) in [6.07, 6.45) is 2.09. The number of carbonyl (C=O) groups excluding carboxylic acids is 2. The molecule has 1 aromatic carbocycles. The highest BCUT2D eigenvalue weighted by atomic mass is 16.6. The lowest BCUT2D eigenvalue weighted by atomic mass is 10.1. The van der Waals surface area contributed by atoms with Crippen LogP contribution in [-0.2, 0) is 9.59 Å². The Hall–Kier alpha value is -2.04. The van der Waals surface area contributed by atoms with Crippen LogP contribution in [0.1, 0.15) is 67.2 Å². The summed E-state index contributed by atoms with van der Waals surface area (Å²) in [5, 5.41) is 0. The van der Waals surface area contributed by atoms with Gasteiger partial charge < -0.3 is 14.2 Å². The molecular weight excluding hydrogens is 344 g/mol. The standard InChI is InChI=1S/C22H34O5/c1-15(2)10-12-20(23)26-19-9-7-8-18(25-14-17(5)6)22(19)27-21(24)13-11-16(3)4/h7-9,15-17H,10-14H2,1-6H3. The minimum atomic E-state index is -0.358. The number of esters is 2. The van der Waals surface area contributed by atoms with Crippen molar-refractivity contribution >= 4 is 11.9 Å². The average Bonchev–Trinajstić information content (AvgIpc) is 2.58. The van der Waals surface area contributed by atoms with Crippen LogP contribution in [0.4, 0.5) is 0 Å². The van der Waals surface area contributed by atoms with Crippen LogP contribution in [0, 0.1) is 17.8 Å². The van der Waals surface area contributed by atoms with Crippen molar-refractivity contribution < 1.29 is 23.8 Å². The van der Waals surface area contributed by atoms with Gasteiger partial charge in [-0.3, -0.25) is 9.59 Å². The van der Waals surface area contributed by atoms with Crippen molar-refractivity contribution in [3.05, 3.63) is 18.2 Å². The molecule has 0 amide bonds. The van der Waals surface area contributed by atoms with Gasteiger partial charge in [0.1, 0.15) is 0 Å². The van der Waals surface area contributed by atoms with Gasteiger partial charge in [-0.1, -0.05) is 47.6 Å². The number of hydrogen-bond donors (Lipinski definition) is 0. The molecule has 0 radical (unpaired) electrons. The molecule has 0 atom stereocenters. The van der Waals surface area contributed by atoms with Crippen LogP contribution in [0.15, 0.2) is 18.2 Å². The van der Waals surface area contributed by atoms with Crippen LogP contribution in [0.3, 0.4) is 0 Å². The quantitative estimate of drug-likeness (QED) is 0.381. The summed E-state index contributed by atoms with van der Waals surface area (Å²) in [5.41, 5.74) is 0. The number of para-hydroxylation sites is 1. The van der Waals surface area contributed by atoms with Gasteiger partial charge in [0.15, 0.2) is 11.5 Å². The third-order valence-corrected chi connectivity index (χ3v) is 3.81. The largest absolute Gasteiger partial charge is 0.489 e. The first-order valence-corrected chi connectivity index (χ1v) is 9.86. The molecule has 0 aromatic heterocycles. The Labute approximate surface area is 163 Å². The highest BCUT2D eigenvalue weighted by Crippen LogP contribution is 2.38. The van der Waals surface area contributed by atoms with Gasteiger partial charge >= 0.3 is 11.9 Å². The van der Waals surface area contributed by atoms with Crippen LogP contribution >= 0.6 is 0 Å². The summed E-state index contributed by atoms with van der Waals surface area (Å²) in [6, 6.07) is 5.08. The highest BCUT2D eigenvalue weighted by molar-refractivity contribution is 5.77. The Kier molecular flexibility index (Phi) is 9.90. The van der Waals surface area contributed by atoms with Crippen molar-refractivity contribution in [3.8, 4) is 17.2 Å². The van der Waals surface area contributed by atoms with Crippen LogP contribution < -0.4 is 14.2 Å². The summed E-state index contributed by atoms with van der Waals surface area (Å²) in [7, 11) is 0. The summed E-state index contributed by atoms with van der Waals surface area (Å²) >= 11 is 0. The Morgan fingerprint density at radius 3 is 1.81 bits per heavy atom. The van der Waals surface area contributed by atoms with Crippen LogP contribution in [0.2, 0.25) is 0 Å². The first-order chi connectivity index (χ1) is 12.7. The summed E-state index contributed by atoms with van der Waals surface area (Å²) in [6.45, 7) is 12.7. The van der Waals surface area contributed by atoms with E-state index in [1.807, 2.05) is 13.8 Å². The molecule has 5 heteroatoms. The summed E-state index contributed by atoms with van der Waals surface area (Å²) in [5.74, 6) is 1.24. The summed E-state index contributed by atoms with van der Waals surface area (Å²) < 4.78 is 16.8. The number of rotatable bonds is 11. The maximum absolute atomic E-state index is 12.2. The zero-order chi connectivity index (χ0) is 20.4. The molecule has 0 fully saturated rings. The van der Waals surface area contributed by atoms with Gasteiger partial charge in [0.2, 0.25) is 5.75 Å². The Morgan fingerprint density at radius 1 is 0.778 bits per heavy atom. The molecular formula is C22H34O5. The molecule has 0 bridgehead atoms. The predicted octanol–water partition coefficient (Wildman–Crippen LogP) is 5.40. The van der Waals surface area contributed by atoms with Gasteiger partial charge in [-0.05, 0) is 42.7 Å². The fourth-order valence-electron chi connectivity index (χ4n) is 2.20. The fraction of sp³-hybridized carbons (Fsp3) is 0.636. The lowest BCUT2D eigenvalue weighted by Gasteiger charge is -2.16. The zero-order valence-electron chi connectivity index (χ0n) is 17.5. The molecule has 27 heavy (non-hydrogen) atoms. The van der Waals surface area contributed by atoms with Gasteiger partial charge in [-0.2, -0.15) is 0 Å². The van der Waals surface area contributed by atoms with Crippen molar-refractivity contribution in [3.63, 3.8) is 0 Å². The van der Waals surface area contributed by atoms with E-state index in [9.17, 15) is 9.59 Å². The van der Waals surface area contributed by atoms with E-state index in [1.165, 1.54) is 0 Å². The number of hydrogen-bond acceptors (Lipinski definition) is 5. The summed E-state index contributed by atoms with van der Waals surface area (Å²) in [4.78, 5) is 24.4. The number of benzene rings is 1. The van der Waals surface area contributed by atoms with Crippen molar-refractivity contribution in [1.82, 2.24) is 0 Å². The van der Waals surface area contributed by atoms with Gasteiger partial charge in [0.25, 0.3) is 0 Å². The maximum Gasteiger partial charge on any atom is 0.311 e. The first-order valence-electron chi connectivity index (χ1n) is 9.86. The maximum atomic E-state index is 12.2. The van der Waals surface area contributed by atoms with E-state index < -0.39 is 0 Å².